The van der Waals surface area contributed by atoms with E-state index < -0.39 is 5.89 Å². The van der Waals surface area contributed by atoms with Crippen LogP contribution in [-0.2, 0) is 16.2 Å². The molecular weight excluding hydrogens is 815 g/mol. The first-order valence-electron chi connectivity index (χ1n) is 24.0. The number of nitrogens with zero attached hydrogens (tertiary/aromatic N) is 3. The van der Waals surface area contributed by atoms with Crippen molar-refractivity contribution in [2.75, 3.05) is 0 Å². The van der Waals surface area contributed by atoms with Crippen LogP contribution in [0.5, 0.6) is 5.75 Å². The third kappa shape index (κ3) is 8.98. The minimum Gasteiger partial charge on any atom is -0.507 e. The summed E-state index contributed by atoms with van der Waals surface area (Å²) in [5.74, 6) is 0.0220. The molecule has 0 aliphatic heterocycles. The van der Waals surface area contributed by atoms with Gasteiger partial charge in [-0.05, 0) is 127 Å². The monoisotopic (exact) mass is 879 g/mol. The fourth-order valence-corrected chi connectivity index (χ4v) is 9.12. The molecule has 0 aliphatic rings. The van der Waals surface area contributed by atoms with E-state index in [0.717, 1.165) is 89.2 Å². The van der Waals surface area contributed by atoms with Crippen LogP contribution in [0, 0.1) is 0 Å². The van der Waals surface area contributed by atoms with Crippen LogP contribution in [-0.4, -0.2) is 19.6 Å². The smallest absolute Gasteiger partial charge is 0.149 e. The second-order valence-electron chi connectivity index (χ2n) is 21.4. The average Bonchev–Trinajstić information content (AvgIpc) is 3.70. The minimum absolute atomic E-state index is 0.0186. The van der Waals surface area contributed by atoms with Gasteiger partial charge in [-0.2, -0.15) is 0 Å². The molecule has 0 radical (unpaired) electrons. The molecule has 9 rings (SSSR count). The van der Waals surface area contributed by atoms with Gasteiger partial charge in [-0.25, -0.2) is 4.98 Å². The number of phenolic OH excluding ortho intramolecular Hbond substituents is 1. The Morgan fingerprint density at radius 3 is 1.75 bits per heavy atom. The van der Waals surface area contributed by atoms with Crippen molar-refractivity contribution >= 4 is 11.0 Å². The van der Waals surface area contributed by atoms with E-state index in [-0.39, 0.29) is 22.0 Å². The molecule has 0 amide bonds. The predicted octanol–water partition coefficient (Wildman–Crippen LogP) is 17.1. The lowest BCUT2D eigenvalue weighted by Crippen LogP contribution is -2.17. The maximum Gasteiger partial charge on any atom is 0.149 e. The summed E-state index contributed by atoms with van der Waals surface area (Å²) in [6.45, 7) is 23.7. The van der Waals surface area contributed by atoms with Crippen LogP contribution in [0.15, 0.2) is 170 Å². The third-order valence-corrected chi connectivity index (χ3v) is 13.1. The van der Waals surface area contributed by atoms with Gasteiger partial charge in [-0.1, -0.05) is 185 Å². The Kier molecular flexibility index (Phi) is 11.3. The summed E-state index contributed by atoms with van der Waals surface area (Å²) < 4.78 is 11.4. The van der Waals surface area contributed by atoms with Gasteiger partial charge in [-0.15, -0.1) is 0 Å². The molecule has 2 heterocycles. The molecule has 336 valence electrons. The van der Waals surface area contributed by atoms with E-state index in [1.54, 1.807) is 0 Å². The molecule has 0 atom stereocenters. The molecule has 2 aromatic heterocycles. The van der Waals surface area contributed by atoms with E-state index in [4.69, 9.17) is 9.97 Å². The number of rotatable bonds is 8. The third-order valence-electron chi connectivity index (χ3n) is 13.1. The van der Waals surface area contributed by atoms with E-state index in [0.29, 0.717) is 11.4 Å². The van der Waals surface area contributed by atoms with Crippen LogP contribution in [0.1, 0.15) is 106 Å². The number of hydrogen-bond acceptors (Lipinski definition) is 3. The Hall–Kier alpha value is -7.04. The predicted molar refractivity (Wildman–Crippen MR) is 283 cm³/mol. The molecule has 0 bridgehead atoms. The minimum atomic E-state index is -0.844. The average molecular weight is 879 g/mol. The number of aromatic hydroxyl groups is 1. The lowest BCUT2D eigenvalue weighted by Gasteiger charge is -2.27. The summed E-state index contributed by atoms with van der Waals surface area (Å²) in [5, 5.41) is 12.6. The Labute approximate surface area is 399 Å². The van der Waals surface area contributed by atoms with E-state index in [2.05, 4.69) is 219 Å². The largest absolute Gasteiger partial charge is 0.507 e. The lowest BCUT2D eigenvalue weighted by atomic mass is 9.79. The van der Waals surface area contributed by atoms with Crippen LogP contribution in [0.3, 0.4) is 0 Å². The zero-order valence-corrected chi connectivity index (χ0v) is 41.0. The number of pyridine rings is 1. The highest BCUT2D eigenvalue weighted by Gasteiger charge is 2.29. The lowest BCUT2D eigenvalue weighted by molar-refractivity contribution is 0.446. The highest BCUT2D eigenvalue weighted by Crippen LogP contribution is 2.46. The first-order chi connectivity index (χ1) is 32.1. The molecule has 0 saturated heterocycles. The summed E-state index contributed by atoms with van der Waals surface area (Å²) in [6.07, 6.45) is 1.90. The maximum atomic E-state index is 12.6. The number of hydrogen-bond donors (Lipinski definition) is 1. The Balaban J connectivity index is 1.37. The number of aromatic nitrogens is 3. The molecule has 7 aromatic carbocycles. The molecule has 0 aliphatic carbocycles. The fraction of sp³-hybridized carbons (Fsp3) is 0.238. The first-order valence-corrected chi connectivity index (χ1v) is 23.5. The zero-order valence-electron chi connectivity index (χ0n) is 42.0. The van der Waals surface area contributed by atoms with Crippen molar-refractivity contribution in [2.45, 2.75) is 98.3 Å². The number of phenols is 1. The molecule has 0 spiro atoms. The van der Waals surface area contributed by atoms with Crippen molar-refractivity contribution in [1.29, 1.82) is 0 Å². The van der Waals surface area contributed by atoms with Gasteiger partial charge in [0.25, 0.3) is 0 Å². The standard InChI is InChI=1S/C63H63N3O/c1-40(2)44-27-30-56(52(36-44)43-25-28-49(29-26-43)61(3,4)5)66-57-24-18-23-51(58(57)65-60(66)53-38-50(62(6,7)8)39-54(59(53)67)63(9,10)11)47-33-46(42-21-16-13-17-22-42)34-48(35-47)55-37-45(31-32-64-55)41-19-14-12-15-20-41/h12-40,67H,1-11H3/i40D. The summed E-state index contributed by atoms with van der Waals surface area (Å²) in [7, 11) is 0. The van der Waals surface area contributed by atoms with Crippen molar-refractivity contribution in [1.82, 2.24) is 14.5 Å². The molecule has 9 aromatic rings. The highest BCUT2D eigenvalue weighted by atomic mass is 16.3. The number of fused-ring (bicyclic) bond motifs is 1. The van der Waals surface area contributed by atoms with Crippen molar-refractivity contribution in [3.05, 3.63) is 192 Å². The SMILES string of the molecule is [2H]C(C)(C)c1ccc(-n2c(-c3cc(C(C)(C)C)cc(C(C)(C)C)c3O)nc3c(-c4cc(-c5ccccc5)cc(-c5cc(-c6ccccc6)ccn5)c4)cccc32)c(-c2ccc(C(C)(C)C)cc2)c1. The van der Waals surface area contributed by atoms with Crippen molar-refractivity contribution in [3.8, 4) is 78.6 Å². The summed E-state index contributed by atoms with van der Waals surface area (Å²) in [4.78, 5) is 10.7. The van der Waals surface area contributed by atoms with E-state index in [9.17, 15) is 6.48 Å². The van der Waals surface area contributed by atoms with Gasteiger partial charge >= 0.3 is 0 Å². The fourth-order valence-electron chi connectivity index (χ4n) is 9.12. The maximum absolute atomic E-state index is 12.6. The molecule has 0 fully saturated rings. The molecule has 4 heteroatoms. The topological polar surface area (TPSA) is 50.9 Å². The quantitative estimate of drug-likeness (QED) is 0.165. The van der Waals surface area contributed by atoms with Crippen LogP contribution in [0.4, 0.5) is 0 Å². The molecule has 0 saturated carbocycles. The second-order valence-corrected chi connectivity index (χ2v) is 21.4. The van der Waals surface area contributed by atoms with Gasteiger partial charge in [0.15, 0.2) is 0 Å². The molecule has 4 nitrogen and oxygen atoms in total. The van der Waals surface area contributed by atoms with Gasteiger partial charge in [0.2, 0.25) is 0 Å². The first kappa shape index (κ1) is 43.8. The van der Waals surface area contributed by atoms with Gasteiger partial charge in [0.05, 0.1) is 28.0 Å². The van der Waals surface area contributed by atoms with Gasteiger partial charge in [0.1, 0.15) is 11.6 Å². The van der Waals surface area contributed by atoms with E-state index in [1.165, 1.54) is 5.56 Å². The van der Waals surface area contributed by atoms with Crippen LogP contribution in [0.25, 0.3) is 83.9 Å². The number of benzene rings is 7. The van der Waals surface area contributed by atoms with E-state index in [1.807, 2.05) is 32.2 Å². The number of para-hydroxylation sites is 1. The molecule has 1 N–H and O–H groups in total. The number of imidazole rings is 1. The van der Waals surface area contributed by atoms with Crippen molar-refractivity contribution in [2.24, 2.45) is 0 Å². The summed E-state index contributed by atoms with van der Waals surface area (Å²) >= 11 is 0. The van der Waals surface area contributed by atoms with Crippen LogP contribution >= 0.6 is 0 Å². The Bertz CT molecular complexity index is 3300. The normalized spacial score (nSPS) is 12.7. The van der Waals surface area contributed by atoms with Gasteiger partial charge in [-0.3, -0.25) is 9.55 Å². The molecular formula is C63H63N3O. The van der Waals surface area contributed by atoms with Crippen LogP contribution in [0.2, 0.25) is 0 Å². The van der Waals surface area contributed by atoms with Gasteiger partial charge in [0, 0.05) is 29.8 Å². The Morgan fingerprint density at radius 2 is 1.12 bits per heavy atom. The van der Waals surface area contributed by atoms with Crippen molar-refractivity contribution in [3.63, 3.8) is 0 Å². The highest BCUT2D eigenvalue weighted by molar-refractivity contribution is 5.98. The second kappa shape index (κ2) is 17.3. The zero-order chi connectivity index (χ0) is 48.3. The molecule has 67 heavy (non-hydrogen) atoms. The Morgan fingerprint density at radius 1 is 0.493 bits per heavy atom. The van der Waals surface area contributed by atoms with Crippen molar-refractivity contribution < 1.29 is 6.48 Å². The summed E-state index contributed by atoms with van der Waals surface area (Å²) in [5.41, 5.74) is 17.1. The van der Waals surface area contributed by atoms with Crippen LogP contribution < -0.4 is 0 Å². The summed E-state index contributed by atoms with van der Waals surface area (Å²) in [6, 6.07) is 57.9. The molecule has 0 unspecified atom stereocenters. The van der Waals surface area contributed by atoms with Gasteiger partial charge < -0.3 is 5.11 Å². The van der Waals surface area contributed by atoms with E-state index >= 15 is 0 Å².